The zero-order valence-corrected chi connectivity index (χ0v) is 13.6. The lowest BCUT2D eigenvalue weighted by atomic mass is 10.1. The minimum atomic E-state index is -0.762. The predicted molar refractivity (Wildman–Crippen MR) is 89.1 cm³/mol. The van der Waals surface area contributed by atoms with Crippen molar-refractivity contribution in [1.29, 1.82) is 0 Å². The Morgan fingerprint density at radius 1 is 1.16 bits per heavy atom. The van der Waals surface area contributed by atoms with E-state index in [4.69, 9.17) is 4.42 Å². The van der Waals surface area contributed by atoms with Gasteiger partial charge in [-0.15, -0.1) is 0 Å². The highest BCUT2D eigenvalue weighted by Gasteiger charge is 2.13. The van der Waals surface area contributed by atoms with E-state index in [1.54, 1.807) is 0 Å². The molecule has 0 aliphatic rings. The highest BCUT2D eigenvalue weighted by molar-refractivity contribution is 5.94. The van der Waals surface area contributed by atoms with Gasteiger partial charge in [-0.3, -0.25) is 4.79 Å². The molecule has 0 saturated heterocycles. The molecule has 128 valence electrons. The van der Waals surface area contributed by atoms with Gasteiger partial charge in [-0.2, -0.15) is 0 Å². The quantitative estimate of drug-likeness (QED) is 0.765. The van der Waals surface area contributed by atoms with E-state index in [0.29, 0.717) is 18.0 Å². The van der Waals surface area contributed by atoms with Crippen molar-refractivity contribution in [3.8, 4) is 11.5 Å². The summed E-state index contributed by atoms with van der Waals surface area (Å²) in [5.74, 6) is -1.59. The van der Waals surface area contributed by atoms with Crippen molar-refractivity contribution < 1.29 is 18.0 Å². The van der Waals surface area contributed by atoms with Gasteiger partial charge in [0.1, 0.15) is 17.9 Å². The average Bonchev–Trinajstić information content (AvgIpc) is 3.06. The second-order valence-electron chi connectivity index (χ2n) is 5.64. The first-order valence-electron chi connectivity index (χ1n) is 7.77. The average molecular weight is 342 g/mol. The molecule has 0 aliphatic carbocycles. The molecule has 0 unspecified atom stereocenters. The summed E-state index contributed by atoms with van der Waals surface area (Å²) in [6, 6.07) is 10.5. The van der Waals surface area contributed by atoms with Crippen LogP contribution in [0.2, 0.25) is 0 Å². The highest BCUT2D eigenvalue weighted by atomic mass is 19.1. The lowest BCUT2D eigenvalue weighted by Gasteiger charge is -2.05. The van der Waals surface area contributed by atoms with Gasteiger partial charge in [0.2, 0.25) is 5.89 Å². The van der Waals surface area contributed by atoms with Gasteiger partial charge in [0, 0.05) is 18.5 Å². The Kier molecular flexibility index (Phi) is 4.88. The molecule has 6 heteroatoms. The smallest absolute Gasteiger partial charge is 0.254 e. The summed E-state index contributed by atoms with van der Waals surface area (Å²) in [6.07, 6.45) is 1.93. The Morgan fingerprint density at radius 2 is 1.92 bits per heavy atom. The highest BCUT2D eigenvalue weighted by Crippen LogP contribution is 2.19. The number of hydrogen-bond acceptors (Lipinski definition) is 3. The maximum Gasteiger partial charge on any atom is 0.254 e. The lowest BCUT2D eigenvalue weighted by Crippen LogP contribution is -2.26. The number of nitrogens with zero attached hydrogens (tertiary/aromatic N) is 1. The first kappa shape index (κ1) is 16.8. The molecule has 4 nitrogen and oxygen atoms in total. The standard InChI is InChI=1S/C19H16F2N2O2/c1-12-2-4-13(5-3-12)19-23-15(11-25-19)8-9-22-18(24)16-10-14(20)6-7-17(16)21/h2-7,10-11H,8-9H2,1H3,(H,22,24). The van der Waals surface area contributed by atoms with Gasteiger partial charge >= 0.3 is 0 Å². The van der Waals surface area contributed by atoms with Crippen LogP contribution in [0, 0.1) is 18.6 Å². The molecule has 3 rings (SSSR count). The number of carbonyl (C=O) groups excluding carboxylic acids is 1. The van der Waals surface area contributed by atoms with Gasteiger partial charge < -0.3 is 9.73 Å². The van der Waals surface area contributed by atoms with Crippen LogP contribution >= 0.6 is 0 Å². The van der Waals surface area contributed by atoms with Crippen LogP contribution in [-0.2, 0) is 6.42 Å². The molecule has 0 fully saturated rings. The third kappa shape index (κ3) is 4.09. The third-order valence-electron chi connectivity index (χ3n) is 3.69. The molecular weight excluding hydrogens is 326 g/mol. The Morgan fingerprint density at radius 3 is 2.68 bits per heavy atom. The molecule has 25 heavy (non-hydrogen) atoms. The van der Waals surface area contributed by atoms with Crippen molar-refractivity contribution in [1.82, 2.24) is 10.3 Å². The van der Waals surface area contributed by atoms with Gasteiger partial charge in [0.25, 0.3) is 5.91 Å². The minimum absolute atomic E-state index is 0.231. The van der Waals surface area contributed by atoms with Crippen molar-refractivity contribution in [3.05, 3.63) is 77.2 Å². The number of benzene rings is 2. The van der Waals surface area contributed by atoms with Gasteiger partial charge in [-0.25, -0.2) is 13.8 Å². The van der Waals surface area contributed by atoms with Crippen molar-refractivity contribution in [3.63, 3.8) is 0 Å². The fourth-order valence-corrected chi connectivity index (χ4v) is 2.32. The van der Waals surface area contributed by atoms with Crippen LogP contribution < -0.4 is 5.32 Å². The fraction of sp³-hybridized carbons (Fsp3) is 0.158. The molecular formula is C19H16F2N2O2. The van der Waals surface area contributed by atoms with Crippen molar-refractivity contribution in [2.45, 2.75) is 13.3 Å². The van der Waals surface area contributed by atoms with Crippen LogP contribution in [0.15, 0.2) is 53.1 Å². The predicted octanol–water partition coefficient (Wildman–Crippen LogP) is 3.90. The molecule has 0 atom stereocenters. The molecule has 1 heterocycles. The van der Waals surface area contributed by atoms with Gasteiger partial charge in [0.15, 0.2) is 0 Å². The third-order valence-corrected chi connectivity index (χ3v) is 3.69. The number of amides is 1. The van der Waals surface area contributed by atoms with Crippen LogP contribution in [0.3, 0.4) is 0 Å². The van der Waals surface area contributed by atoms with E-state index < -0.39 is 17.5 Å². The minimum Gasteiger partial charge on any atom is -0.444 e. The molecule has 1 aromatic heterocycles. The number of nitrogens with one attached hydrogen (secondary N) is 1. The van der Waals surface area contributed by atoms with E-state index in [-0.39, 0.29) is 12.1 Å². The summed E-state index contributed by atoms with van der Waals surface area (Å²) in [4.78, 5) is 16.3. The lowest BCUT2D eigenvalue weighted by molar-refractivity contribution is 0.0949. The molecule has 1 N–H and O–H groups in total. The zero-order valence-electron chi connectivity index (χ0n) is 13.6. The second-order valence-corrected chi connectivity index (χ2v) is 5.64. The first-order valence-corrected chi connectivity index (χ1v) is 7.77. The van der Waals surface area contributed by atoms with Gasteiger partial charge in [-0.1, -0.05) is 17.7 Å². The van der Waals surface area contributed by atoms with E-state index in [0.717, 1.165) is 29.3 Å². The Bertz CT molecular complexity index is 889. The number of halogens is 2. The summed E-state index contributed by atoms with van der Waals surface area (Å²) in [7, 11) is 0. The normalized spacial score (nSPS) is 10.7. The molecule has 0 bridgehead atoms. The van der Waals surface area contributed by atoms with Crippen LogP contribution in [-0.4, -0.2) is 17.4 Å². The maximum absolute atomic E-state index is 13.5. The Balaban J connectivity index is 1.58. The van der Waals surface area contributed by atoms with Gasteiger partial charge in [0.05, 0.1) is 11.3 Å². The van der Waals surface area contributed by atoms with Crippen molar-refractivity contribution in [2.24, 2.45) is 0 Å². The molecule has 1 amide bonds. The van der Waals surface area contributed by atoms with Crippen molar-refractivity contribution >= 4 is 5.91 Å². The molecule has 0 saturated carbocycles. The Labute approximate surface area is 143 Å². The molecule has 0 spiro atoms. The number of carbonyl (C=O) groups is 1. The summed E-state index contributed by atoms with van der Waals surface area (Å²) in [5.41, 5.74) is 2.35. The number of aromatic nitrogens is 1. The topological polar surface area (TPSA) is 55.1 Å². The van der Waals surface area contributed by atoms with Crippen molar-refractivity contribution in [2.75, 3.05) is 6.54 Å². The number of rotatable bonds is 5. The number of aryl methyl sites for hydroxylation is 1. The van der Waals surface area contributed by atoms with Gasteiger partial charge in [-0.05, 0) is 37.3 Å². The number of hydrogen-bond donors (Lipinski definition) is 1. The summed E-state index contributed by atoms with van der Waals surface area (Å²) in [5, 5.41) is 2.54. The van der Waals surface area contributed by atoms with E-state index >= 15 is 0 Å². The molecule has 0 aliphatic heterocycles. The first-order chi connectivity index (χ1) is 12.0. The summed E-state index contributed by atoms with van der Waals surface area (Å²) < 4.78 is 32.1. The van der Waals surface area contributed by atoms with Crippen LogP contribution in [0.5, 0.6) is 0 Å². The van der Waals surface area contributed by atoms with E-state index in [1.807, 2.05) is 31.2 Å². The largest absolute Gasteiger partial charge is 0.444 e. The van der Waals surface area contributed by atoms with Crippen LogP contribution in [0.1, 0.15) is 21.6 Å². The van der Waals surface area contributed by atoms with E-state index in [1.165, 1.54) is 6.26 Å². The molecule has 3 aromatic rings. The summed E-state index contributed by atoms with van der Waals surface area (Å²) >= 11 is 0. The molecule has 2 aromatic carbocycles. The monoisotopic (exact) mass is 342 g/mol. The second kappa shape index (κ2) is 7.25. The Hall–Kier alpha value is -3.02. The summed E-state index contributed by atoms with van der Waals surface area (Å²) in [6.45, 7) is 2.23. The van der Waals surface area contributed by atoms with Crippen LogP contribution in [0.25, 0.3) is 11.5 Å². The zero-order chi connectivity index (χ0) is 17.8. The van der Waals surface area contributed by atoms with E-state index in [9.17, 15) is 13.6 Å². The number of oxazole rings is 1. The maximum atomic E-state index is 13.5. The van der Waals surface area contributed by atoms with E-state index in [2.05, 4.69) is 10.3 Å². The SMILES string of the molecule is Cc1ccc(-c2nc(CCNC(=O)c3cc(F)ccc3F)co2)cc1. The molecule has 0 radical (unpaired) electrons. The van der Waals surface area contributed by atoms with Crippen LogP contribution in [0.4, 0.5) is 8.78 Å². The fourth-order valence-electron chi connectivity index (χ4n) is 2.32.